The molecule has 0 spiro atoms. The van der Waals surface area contributed by atoms with E-state index in [1.165, 1.54) is 6.07 Å². The summed E-state index contributed by atoms with van der Waals surface area (Å²) in [5.41, 5.74) is 7.06. The fraction of sp³-hybridized carbons (Fsp3) is 0.364. The van der Waals surface area contributed by atoms with Crippen LogP contribution >= 0.6 is 11.6 Å². The first-order valence-corrected chi connectivity index (χ1v) is 5.23. The number of hydrogen-bond donors (Lipinski definition) is 2. The molecule has 0 aliphatic carbocycles. The predicted octanol–water partition coefficient (Wildman–Crippen LogP) is 2.65. The second-order valence-electron chi connectivity index (χ2n) is 3.63. The quantitative estimate of drug-likeness (QED) is 0.857. The number of benzene rings is 1. The second-order valence-corrected chi connectivity index (χ2v) is 4.01. The summed E-state index contributed by atoms with van der Waals surface area (Å²) >= 11 is 5.81. The molecule has 3 nitrogen and oxygen atoms in total. The molecule has 0 fully saturated rings. The number of halogens is 2. The first kappa shape index (κ1) is 12.9. The zero-order valence-corrected chi connectivity index (χ0v) is 9.59. The molecule has 1 rings (SSSR count). The van der Waals surface area contributed by atoms with E-state index in [9.17, 15) is 9.18 Å². The summed E-state index contributed by atoms with van der Waals surface area (Å²) in [7, 11) is 0. The highest BCUT2D eigenvalue weighted by atomic mass is 35.5. The molecule has 0 aliphatic rings. The molecule has 88 valence electrons. The zero-order chi connectivity index (χ0) is 12.3. The molecule has 16 heavy (non-hydrogen) atoms. The Morgan fingerprint density at radius 2 is 2.25 bits per heavy atom. The van der Waals surface area contributed by atoms with E-state index in [4.69, 9.17) is 22.4 Å². The molecule has 1 unspecified atom stereocenters. The van der Waals surface area contributed by atoms with Crippen molar-refractivity contribution in [2.45, 2.75) is 25.8 Å². The van der Waals surface area contributed by atoms with Gasteiger partial charge in [-0.3, -0.25) is 4.79 Å². The van der Waals surface area contributed by atoms with Crippen LogP contribution in [0.1, 0.15) is 30.0 Å². The topological polar surface area (TPSA) is 63.3 Å². The number of rotatable bonds is 4. The average Bonchev–Trinajstić information content (AvgIpc) is 2.21. The van der Waals surface area contributed by atoms with Crippen molar-refractivity contribution in [2.75, 3.05) is 0 Å². The third kappa shape index (κ3) is 2.93. The van der Waals surface area contributed by atoms with Gasteiger partial charge >= 0.3 is 5.97 Å². The molecule has 5 heteroatoms. The van der Waals surface area contributed by atoms with E-state index >= 15 is 0 Å². The minimum atomic E-state index is -0.930. The van der Waals surface area contributed by atoms with Crippen LogP contribution in [0.25, 0.3) is 0 Å². The smallest absolute Gasteiger partial charge is 0.303 e. The van der Waals surface area contributed by atoms with Crippen LogP contribution in [0.4, 0.5) is 4.39 Å². The van der Waals surface area contributed by atoms with Gasteiger partial charge in [0.1, 0.15) is 5.82 Å². The van der Waals surface area contributed by atoms with Crippen molar-refractivity contribution < 1.29 is 14.3 Å². The van der Waals surface area contributed by atoms with Crippen molar-refractivity contribution in [3.63, 3.8) is 0 Å². The largest absolute Gasteiger partial charge is 0.481 e. The number of carboxylic acid groups (broad SMARTS) is 1. The molecule has 0 radical (unpaired) electrons. The number of hydrogen-bond acceptors (Lipinski definition) is 2. The summed E-state index contributed by atoms with van der Waals surface area (Å²) in [4.78, 5) is 10.4. The van der Waals surface area contributed by atoms with E-state index in [1.54, 1.807) is 13.0 Å². The van der Waals surface area contributed by atoms with Crippen LogP contribution in [0, 0.1) is 12.7 Å². The molecule has 0 aromatic heterocycles. The molecule has 3 N–H and O–H groups in total. The molecular formula is C11H13ClFNO2. The first-order chi connectivity index (χ1) is 7.43. The van der Waals surface area contributed by atoms with Crippen LogP contribution < -0.4 is 5.73 Å². The van der Waals surface area contributed by atoms with Crippen molar-refractivity contribution in [2.24, 2.45) is 5.73 Å². The molecule has 1 aromatic carbocycles. The summed E-state index contributed by atoms with van der Waals surface area (Å²) in [6.07, 6.45) is 0.173. The molecule has 0 saturated heterocycles. The normalized spacial score (nSPS) is 12.5. The van der Waals surface area contributed by atoms with Gasteiger partial charge in [0, 0.05) is 12.5 Å². The summed E-state index contributed by atoms with van der Waals surface area (Å²) in [5.74, 6) is -1.46. The van der Waals surface area contributed by atoms with Crippen molar-refractivity contribution in [1.29, 1.82) is 0 Å². The third-order valence-corrected chi connectivity index (χ3v) is 2.77. The summed E-state index contributed by atoms with van der Waals surface area (Å²) in [6, 6.07) is 2.29. The van der Waals surface area contributed by atoms with E-state index in [1.807, 2.05) is 0 Å². The minimum Gasteiger partial charge on any atom is -0.481 e. The van der Waals surface area contributed by atoms with Crippen molar-refractivity contribution in [3.8, 4) is 0 Å². The predicted molar refractivity (Wildman–Crippen MR) is 59.9 cm³/mol. The maximum absolute atomic E-state index is 13.2. The Hall–Kier alpha value is -1.13. The average molecular weight is 246 g/mol. The lowest BCUT2D eigenvalue weighted by atomic mass is 9.98. The lowest BCUT2D eigenvalue weighted by Gasteiger charge is -2.15. The molecule has 1 aromatic rings. The molecule has 0 saturated carbocycles. The standard InChI is InChI=1S/C11H13ClFNO2/c1-6-2-3-7(13)11(12)10(6)8(14)4-5-9(15)16/h2-3,8H,4-5,14H2,1H3,(H,15,16). The zero-order valence-electron chi connectivity index (χ0n) is 8.84. The van der Waals surface area contributed by atoms with E-state index < -0.39 is 17.8 Å². The monoisotopic (exact) mass is 245 g/mol. The van der Waals surface area contributed by atoms with Gasteiger partial charge in [-0.15, -0.1) is 0 Å². The van der Waals surface area contributed by atoms with Gasteiger partial charge in [0.05, 0.1) is 5.02 Å². The number of carboxylic acids is 1. The fourth-order valence-corrected chi connectivity index (χ4v) is 1.89. The van der Waals surface area contributed by atoms with Gasteiger partial charge < -0.3 is 10.8 Å². The molecule has 0 aliphatic heterocycles. The van der Waals surface area contributed by atoms with Gasteiger partial charge in [0.15, 0.2) is 0 Å². The number of nitrogens with two attached hydrogens (primary N) is 1. The van der Waals surface area contributed by atoms with Gasteiger partial charge in [-0.2, -0.15) is 0 Å². The van der Waals surface area contributed by atoms with Crippen LogP contribution in [0.5, 0.6) is 0 Å². The van der Waals surface area contributed by atoms with Crippen molar-refractivity contribution in [1.82, 2.24) is 0 Å². The maximum atomic E-state index is 13.2. The Balaban J connectivity index is 2.94. The number of carbonyl (C=O) groups is 1. The number of aliphatic carboxylic acids is 1. The van der Waals surface area contributed by atoms with Crippen LogP contribution in [0.15, 0.2) is 12.1 Å². The second kappa shape index (κ2) is 5.27. The van der Waals surface area contributed by atoms with E-state index in [2.05, 4.69) is 0 Å². The SMILES string of the molecule is Cc1ccc(F)c(Cl)c1C(N)CCC(=O)O. The van der Waals surface area contributed by atoms with Crippen LogP contribution in [-0.2, 0) is 4.79 Å². The molecule has 1 atom stereocenters. The lowest BCUT2D eigenvalue weighted by molar-refractivity contribution is -0.137. The molecular weight excluding hydrogens is 233 g/mol. The maximum Gasteiger partial charge on any atom is 0.303 e. The number of aryl methyl sites for hydroxylation is 1. The fourth-order valence-electron chi connectivity index (χ4n) is 1.54. The van der Waals surface area contributed by atoms with Gasteiger partial charge in [-0.1, -0.05) is 17.7 Å². The Morgan fingerprint density at radius 3 is 2.81 bits per heavy atom. The highest BCUT2D eigenvalue weighted by Crippen LogP contribution is 2.29. The summed E-state index contributed by atoms with van der Waals surface area (Å²) in [6.45, 7) is 1.77. The van der Waals surface area contributed by atoms with Crippen LogP contribution in [0.2, 0.25) is 5.02 Å². The lowest BCUT2D eigenvalue weighted by Crippen LogP contribution is -2.14. The van der Waals surface area contributed by atoms with Crippen LogP contribution in [-0.4, -0.2) is 11.1 Å². The Kier molecular flexibility index (Phi) is 4.26. The minimum absolute atomic E-state index is 0.0158. The van der Waals surface area contributed by atoms with E-state index in [0.717, 1.165) is 5.56 Å². The Morgan fingerprint density at radius 1 is 1.62 bits per heavy atom. The van der Waals surface area contributed by atoms with Crippen LogP contribution in [0.3, 0.4) is 0 Å². The first-order valence-electron chi connectivity index (χ1n) is 4.85. The van der Waals surface area contributed by atoms with Crippen molar-refractivity contribution >= 4 is 17.6 Å². The highest BCUT2D eigenvalue weighted by Gasteiger charge is 2.16. The molecule has 0 amide bonds. The highest BCUT2D eigenvalue weighted by molar-refractivity contribution is 6.31. The molecule has 0 bridgehead atoms. The van der Waals surface area contributed by atoms with Gasteiger partial charge in [0.2, 0.25) is 0 Å². The Bertz CT molecular complexity index is 409. The third-order valence-electron chi connectivity index (χ3n) is 2.39. The van der Waals surface area contributed by atoms with Gasteiger partial charge in [-0.05, 0) is 30.5 Å². The summed E-state index contributed by atoms with van der Waals surface area (Å²) in [5, 5.41) is 8.52. The van der Waals surface area contributed by atoms with Gasteiger partial charge in [0.25, 0.3) is 0 Å². The van der Waals surface area contributed by atoms with E-state index in [-0.39, 0.29) is 17.9 Å². The van der Waals surface area contributed by atoms with Gasteiger partial charge in [-0.25, -0.2) is 4.39 Å². The Labute approximate surface area is 98.0 Å². The summed E-state index contributed by atoms with van der Waals surface area (Å²) < 4.78 is 13.2. The molecule has 0 heterocycles. The van der Waals surface area contributed by atoms with Crippen molar-refractivity contribution in [3.05, 3.63) is 34.1 Å². The van der Waals surface area contributed by atoms with E-state index in [0.29, 0.717) is 5.56 Å².